The zero-order valence-electron chi connectivity index (χ0n) is 11.0. The van der Waals surface area contributed by atoms with Crippen molar-refractivity contribution in [3.8, 4) is 6.07 Å². The smallest absolute Gasteiger partial charge is 0.258 e. The van der Waals surface area contributed by atoms with Crippen molar-refractivity contribution in [2.24, 2.45) is 0 Å². The summed E-state index contributed by atoms with van der Waals surface area (Å²) < 4.78 is 0. The molecule has 3 rings (SSSR count). The molecular formula is C16H11N3O2. The van der Waals surface area contributed by atoms with Gasteiger partial charge in [0.1, 0.15) is 6.54 Å². The zero-order chi connectivity index (χ0) is 14.8. The van der Waals surface area contributed by atoms with Crippen LogP contribution in [0.4, 0.5) is 11.4 Å². The second kappa shape index (κ2) is 5.10. The number of carbonyl (C=O) groups excluding carboxylic acids is 2. The molecule has 1 aliphatic heterocycles. The first-order chi connectivity index (χ1) is 10.2. The van der Waals surface area contributed by atoms with E-state index in [2.05, 4.69) is 5.32 Å². The Morgan fingerprint density at radius 3 is 2.57 bits per heavy atom. The Kier molecular flexibility index (Phi) is 3.13. The minimum atomic E-state index is -0.262. The van der Waals surface area contributed by atoms with Crippen LogP contribution in [-0.2, 0) is 4.79 Å². The number of fused-ring (bicyclic) bond motifs is 1. The van der Waals surface area contributed by atoms with E-state index in [1.54, 1.807) is 42.5 Å². The Morgan fingerprint density at radius 1 is 1.14 bits per heavy atom. The number of nitriles is 1. The molecule has 0 unspecified atom stereocenters. The van der Waals surface area contributed by atoms with E-state index in [9.17, 15) is 9.59 Å². The number of carbonyl (C=O) groups is 2. The van der Waals surface area contributed by atoms with Gasteiger partial charge in [0.25, 0.3) is 5.91 Å². The molecule has 0 spiro atoms. The third kappa shape index (κ3) is 2.35. The van der Waals surface area contributed by atoms with E-state index in [0.29, 0.717) is 22.5 Å². The van der Waals surface area contributed by atoms with E-state index in [0.717, 1.165) is 0 Å². The molecule has 0 fully saturated rings. The fourth-order valence-electron chi connectivity index (χ4n) is 2.26. The highest BCUT2D eigenvalue weighted by atomic mass is 16.2. The van der Waals surface area contributed by atoms with Crippen molar-refractivity contribution in [3.63, 3.8) is 0 Å². The highest BCUT2D eigenvalue weighted by Gasteiger charge is 2.27. The maximum Gasteiger partial charge on any atom is 0.258 e. The molecule has 0 aliphatic carbocycles. The molecule has 2 aromatic rings. The van der Waals surface area contributed by atoms with Crippen LogP contribution in [0.1, 0.15) is 15.9 Å². The van der Waals surface area contributed by atoms with Gasteiger partial charge in [-0.3, -0.25) is 14.5 Å². The van der Waals surface area contributed by atoms with Gasteiger partial charge in [-0.15, -0.1) is 0 Å². The Morgan fingerprint density at radius 2 is 1.86 bits per heavy atom. The molecule has 0 bridgehead atoms. The largest absolute Gasteiger partial charge is 0.323 e. The van der Waals surface area contributed by atoms with Crippen molar-refractivity contribution in [2.75, 3.05) is 16.8 Å². The molecule has 2 aromatic carbocycles. The Balaban J connectivity index is 1.98. The number of anilines is 2. The van der Waals surface area contributed by atoms with Gasteiger partial charge in [-0.2, -0.15) is 5.26 Å². The average molecular weight is 277 g/mol. The first kappa shape index (κ1) is 12.9. The van der Waals surface area contributed by atoms with Crippen molar-refractivity contribution in [1.29, 1.82) is 5.26 Å². The summed E-state index contributed by atoms with van der Waals surface area (Å²) in [5.74, 6) is -0.488. The predicted octanol–water partition coefficient (Wildman–Crippen LogP) is 2.16. The molecule has 1 heterocycles. The molecule has 0 saturated heterocycles. The molecule has 0 atom stereocenters. The second-order valence-corrected chi connectivity index (χ2v) is 4.65. The molecule has 2 amide bonds. The maximum absolute atomic E-state index is 12.6. The van der Waals surface area contributed by atoms with Gasteiger partial charge >= 0.3 is 0 Å². The van der Waals surface area contributed by atoms with Gasteiger partial charge in [0, 0.05) is 5.56 Å². The number of nitrogens with one attached hydrogen (secondary N) is 1. The monoisotopic (exact) mass is 277 g/mol. The summed E-state index contributed by atoms with van der Waals surface area (Å²) >= 11 is 0. The summed E-state index contributed by atoms with van der Waals surface area (Å²) in [4.78, 5) is 25.7. The summed E-state index contributed by atoms with van der Waals surface area (Å²) in [5, 5.41) is 11.5. The molecule has 1 aliphatic rings. The highest BCUT2D eigenvalue weighted by molar-refractivity contribution is 6.15. The first-order valence-corrected chi connectivity index (χ1v) is 6.40. The molecule has 0 aromatic heterocycles. The van der Waals surface area contributed by atoms with E-state index in [4.69, 9.17) is 5.26 Å². The molecule has 102 valence electrons. The molecule has 5 nitrogen and oxygen atoms in total. The number of hydrogen-bond acceptors (Lipinski definition) is 3. The molecular weight excluding hydrogens is 266 g/mol. The van der Waals surface area contributed by atoms with Crippen LogP contribution in [0.25, 0.3) is 0 Å². The van der Waals surface area contributed by atoms with Crippen molar-refractivity contribution in [3.05, 3.63) is 59.7 Å². The summed E-state index contributed by atoms with van der Waals surface area (Å²) in [6, 6.07) is 15.5. The third-order valence-corrected chi connectivity index (χ3v) is 3.28. The highest BCUT2D eigenvalue weighted by Crippen LogP contribution is 2.29. The SMILES string of the molecule is N#Cc1ccc(C(=O)N2CC(=O)Nc3ccccc32)cc1. The minimum absolute atomic E-state index is 0.0180. The summed E-state index contributed by atoms with van der Waals surface area (Å²) in [6.45, 7) is -0.0180. The fourth-order valence-corrected chi connectivity index (χ4v) is 2.26. The van der Waals surface area contributed by atoms with E-state index in [1.165, 1.54) is 4.90 Å². The number of benzene rings is 2. The topological polar surface area (TPSA) is 73.2 Å². The zero-order valence-corrected chi connectivity index (χ0v) is 11.0. The van der Waals surface area contributed by atoms with Crippen molar-refractivity contribution < 1.29 is 9.59 Å². The Labute approximate surface area is 121 Å². The lowest BCUT2D eigenvalue weighted by Crippen LogP contribution is -2.42. The number of amides is 2. The summed E-state index contributed by atoms with van der Waals surface area (Å²) in [7, 11) is 0. The lowest BCUT2D eigenvalue weighted by Gasteiger charge is -2.29. The van der Waals surface area contributed by atoms with Crippen molar-refractivity contribution in [2.45, 2.75) is 0 Å². The Hall–Kier alpha value is -3.13. The van der Waals surface area contributed by atoms with Gasteiger partial charge in [-0.05, 0) is 36.4 Å². The van der Waals surface area contributed by atoms with Crippen LogP contribution in [0.2, 0.25) is 0 Å². The van der Waals surface area contributed by atoms with E-state index in [-0.39, 0.29) is 18.4 Å². The number of nitrogens with zero attached hydrogens (tertiary/aromatic N) is 2. The minimum Gasteiger partial charge on any atom is -0.323 e. The number of rotatable bonds is 1. The number of para-hydroxylation sites is 2. The normalized spacial score (nSPS) is 13.1. The van der Waals surface area contributed by atoms with Crippen LogP contribution < -0.4 is 10.2 Å². The maximum atomic E-state index is 12.6. The average Bonchev–Trinajstić information content (AvgIpc) is 2.53. The Bertz CT molecular complexity index is 760. The van der Waals surface area contributed by atoms with Crippen LogP contribution in [0.3, 0.4) is 0 Å². The molecule has 5 heteroatoms. The molecule has 21 heavy (non-hydrogen) atoms. The van der Waals surface area contributed by atoms with Gasteiger partial charge < -0.3 is 5.32 Å². The van der Waals surface area contributed by atoms with E-state index in [1.807, 2.05) is 12.1 Å². The van der Waals surface area contributed by atoms with E-state index >= 15 is 0 Å². The van der Waals surface area contributed by atoms with Crippen molar-refractivity contribution >= 4 is 23.2 Å². The summed E-state index contributed by atoms with van der Waals surface area (Å²) in [6.07, 6.45) is 0. The molecule has 1 N–H and O–H groups in total. The fraction of sp³-hybridized carbons (Fsp3) is 0.0625. The number of hydrogen-bond donors (Lipinski definition) is 1. The van der Waals surface area contributed by atoms with E-state index < -0.39 is 0 Å². The lowest BCUT2D eigenvalue weighted by molar-refractivity contribution is -0.115. The van der Waals surface area contributed by atoms with Crippen LogP contribution in [-0.4, -0.2) is 18.4 Å². The molecule has 0 saturated carbocycles. The second-order valence-electron chi connectivity index (χ2n) is 4.65. The first-order valence-electron chi connectivity index (χ1n) is 6.40. The van der Waals surface area contributed by atoms with Crippen LogP contribution in [0.5, 0.6) is 0 Å². The van der Waals surface area contributed by atoms with Gasteiger partial charge in [-0.1, -0.05) is 12.1 Å². The predicted molar refractivity (Wildman–Crippen MR) is 77.9 cm³/mol. The van der Waals surface area contributed by atoms with Crippen LogP contribution in [0, 0.1) is 11.3 Å². The van der Waals surface area contributed by atoms with Crippen LogP contribution >= 0.6 is 0 Å². The lowest BCUT2D eigenvalue weighted by atomic mass is 10.1. The van der Waals surface area contributed by atoms with Crippen molar-refractivity contribution in [1.82, 2.24) is 0 Å². The van der Waals surface area contributed by atoms with Crippen LogP contribution in [0.15, 0.2) is 48.5 Å². The summed E-state index contributed by atoms with van der Waals surface area (Å²) in [5.41, 5.74) is 2.23. The van der Waals surface area contributed by atoms with Gasteiger partial charge in [0.05, 0.1) is 23.0 Å². The third-order valence-electron chi connectivity index (χ3n) is 3.28. The standard InChI is InChI=1S/C16H11N3O2/c17-9-11-5-7-12(8-6-11)16(21)19-10-15(20)18-13-3-1-2-4-14(13)19/h1-8H,10H2,(H,18,20). The van der Waals surface area contributed by atoms with Gasteiger partial charge in [0.2, 0.25) is 5.91 Å². The van der Waals surface area contributed by atoms with Gasteiger partial charge in [0.15, 0.2) is 0 Å². The quantitative estimate of drug-likeness (QED) is 0.868. The molecule has 0 radical (unpaired) electrons. The van der Waals surface area contributed by atoms with Gasteiger partial charge in [-0.25, -0.2) is 0 Å².